The van der Waals surface area contributed by atoms with Gasteiger partial charge in [0.05, 0.1) is 0 Å². The number of ether oxygens (including phenoxy) is 5. The summed E-state index contributed by atoms with van der Waals surface area (Å²) in [5, 5.41) is 15.0. The summed E-state index contributed by atoms with van der Waals surface area (Å²) in [6.45, 7) is 13.8. The Morgan fingerprint density at radius 1 is 0.471 bits per heavy atom. The number of carbonyl (C=O) groups excluding carboxylic acids is 9. The number of amides is 6. The minimum atomic E-state index is -1.49. The molecule has 0 bridgehead atoms. The van der Waals surface area contributed by atoms with Crippen LogP contribution in [-0.2, 0) is 70.5 Å². The molecule has 0 aliphatic heterocycles. The molecule has 0 spiro atoms. The summed E-state index contributed by atoms with van der Waals surface area (Å²) in [4.78, 5) is 117. The van der Waals surface area contributed by atoms with Gasteiger partial charge < -0.3 is 55.6 Å². The fourth-order valence-electron chi connectivity index (χ4n) is 5.85. The first-order valence-corrected chi connectivity index (χ1v) is 22.5. The van der Waals surface area contributed by atoms with Gasteiger partial charge in [0.15, 0.2) is 0 Å². The molecule has 2 aromatic carbocycles. The van der Waals surface area contributed by atoms with Crippen LogP contribution in [0.4, 0.5) is 9.59 Å². The first kappa shape index (κ1) is 57.4. The quantitative estimate of drug-likeness (QED) is 0.0464. The molecule has 0 aliphatic carbocycles. The first-order valence-electron chi connectivity index (χ1n) is 22.5. The molecule has 6 N–H and O–H groups in total. The maximum absolute atomic E-state index is 14.0. The van der Waals surface area contributed by atoms with Crippen molar-refractivity contribution in [3.63, 3.8) is 0 Å². The second-order valence-electron chi connectivity index (χ2n) is 18.7. The van der Waals surface area contributed by atoms with Crippen molar-refractivity contribution in [2.75, 3.05) is 19.6 Å². The molecule has 20 nitrogen and oxygen atoms in total. The highest BCUT2D eigenvalue weighted by molar-refractivity contribution is 5.94. The van der Waals surface area contributed by atoms with Gasteiger partial charge in [-0.05, 0) is 106 Å². The van der Waals surface area contributed by atoms with Crippen molar-refractivity contribution in [1.29, 1.82) is 0 Å². The Hall–Kier alpha value is -6.73. The molecule has 68 heavy (non-hydrogen) atoms. The maximum Gasteiger partial charge on any atom is 0.408 e. The lowest BCUT2D eigenvalue weighted by molar-refractivity contribution is -0.154. The molecular weight excluding hydrogens is 885 g/mol. The summed E-state index contributed by atoms with van der Waals surface area (Å²) in [7, 11) is 0. The molecule has 3 unspecified atom stereocenters. The van der Waals surface area contributed by atoms with E-state index < -0.39 is 108 Å². The molecule has 2 rings (SSSR count). The molecule has 2 aromatic rings. The Labute approximate surface area is 398 Å². The number of alkyl carbamates (subject to hydrolysis) is 2. The van der Waals surface area contributed by atoms with E-state index >= 15 is 0 Å². The number of hydrogen-bond donors (Lipinski definition) is 6. The van der Waals surface area contributed by atoms with Crippen LogP contribution in [0.1, 0.15) is 118 Å². The highest BCUT2D eigenvalue weighted by atomic mass is 16.6. The van der Waals surface area contributed by atoms with E-state index in [0.29, 0.717) is 12.0 Å². The van der Waals surface area contributed by atoms with Crippen LogP contribution < -0.4 is 31.9 Å². The molecular formula is C48H70N6O14. The summed E-state index contributed by atoms with van der Waals surface area (Å²) in [6, 6.07) is 13.7. The van der Waals surface area contributed by atoms with Gasteiger partial charge in [-0.15, -0.1) is 0 Å². The van der Waals surface area contributed by atoms with Crippen LogP contribution in [0.5, 0.6) is 0 Å². The zero-order valence-corrected chi connectivity index (χ0v) is 40.7. The fraction of sp³-hybridized carbons (Fsp3) is 0.562. The van der Waals surface area contributed by atoms with Crippen molar-refractivity contribution in [1.82, 2.24) is 31.9 Å². The third-order valence-corrected chi connectivity index (χ3v) is 8.88. The molecule has 0 saturated carbocycles. The Morgan fingerprint density at radius 3 is 1.53 bits per heavy atom. The number of esters is 3. The number of unbranched alkanes of at least 4 members (excludes halogenated alkanes) is 1. The SMILES string of the molecule is CC(C)(C)OC(=O)CNC(=O)C(CCC(=O)NC(CCC(=O)OCc1ccccc1)C(=O)OCc1ccccc1)NC(=O)C(CCCCNC(=O)OC(C)(C)C)NC(=O)CNC(=O)OC(C)(C)C. The summed E-state index contributed by atoms with van der Waals surface area (Å²) in [5.74, 6) is -5.51. The molecule has 0 aromatic heterocycles. The van der Waals surface area contributed by atoms with E-state index in [1.165, 1.54) is 0 Å². The molecule has 0 fully saturated rings. The lowest BCUT2D eigenvalue weighted by Gasteiger charge is -2.24. The van der Waals surface area contributed by atoms with Crippen LogP contribution >= 0.6 is 0 Å². The normalized spacial score (nSPS) is 12.7. The minimum absolute atomic E-state index is 0.00291. The van der Waals surface area contributed by atoms with Crippen LogP contribution in [-0.4, -0.2) is 108 Å². The fourth-order valence-corrected chi connectivity index (χ4v) is 5.85. The second-order valence-corrected chi connectivity index (χ2v) is 18.7. The van der Waals surface area contributed by atoms with E-state index in [-0.39, 0.29) is 51.9 Å². The number of benzene rings is 2. The van der Waals surface area contributed by atoms with E-state index in [1.54, 1.807) is 117 Å². The standard InChI is InChI=1S/C48H70N6O14/c1-46(2,3)66-40(58)29-50-41(59)35(54-42(60)34(22-16-17-27-49-44(62)67-47(4,5)6)52-38(56)28-51-45(63)68-48(7,8)9)23-25-37(55)53-36(43(61)65-31-33-20-14-11-15-21-33)24-26-39(57)64-30-32-18-12-10-13-19-32/h10-15,18-21,34-36H,16-17,22-31H2,1-9H3,(H,49,62)(H,50,59)(H,51,63)(H,52,56)(H,53,55)(H,54,60). The van der Waals surface area contributed by atoms with Gasteiger partial charge in [-0.2, -0.15) is 0 Å². The molecule has 6 amide bonds. The van der Waals surface area contributed by atoms with E-state index in [2.05, 4.69) is 31.9 Å². The molecule has 0 radical (unpaired) electrons. The number of rotatable bonds is 25. The van der Waals surface area contributed by atoms with Crippen molar-refractivity contribution in [3.8, 4) is 0 Å². The Morgan fingerprint density at radius 2 is 0.971 bits per heavy atom. The van der Waals surface area contributed by atoms with Gasteiger partial charge in [0.25, 0.3) is 0 Å². The molecule has 0 heterocycles. The highest BCUT2D eigenvalue weighted by Gasteiger charge is 2.30. The lowest BCUT2D eigenvalue weighted by atomic mass is 10.1. The predicted octanol–water partition coefficient (Wildman–Crippen LogP) is 4.17. The van der Waals surface area contributed by atoms with Gasteiger partial charge in [0.2, 0.25) is 23.6 Å². The Bertz CT molecular complexity index is 1980. The van der Waals surface area contributed by atoms with Crippen molar-refractivity contribution < 1.29 is 66.8 Å². The van der Waals surface area contributed by atoms with E-state index in [0.717, 1.165) is 5.56 Å². The van der Waals surface area contributed by atoms with Gasteiger partial charge in [0.1, 0.15) is 61.2 Å². The molecule has 3 atom stereocenters. The van der Waals surface area contributed by atoms with Gasteiger partial charge in [-0.1, -0.05) is 60.7 Å². The van der Waals surface area contributed by atoms with E-state index in [9.17, 15) is 43.2 Å². The molecule has 376 valence electrons. The Kier molecular flexibility index (Phi) is 24.0. The smallest absolute Gasteiger partial charge is 0.408 e. The highest BCUT2D eigenvalue weighted by Crippen LogP contribution is 2.12. The average Bonchev–Trinajstić information content (AvgIpc) is 3.24. The summed E-state index contributed by atoms with van der Waals surface area (Å²) < 4.78 is 26.6. The van der Waals surface area contributed by atoms with Gasteiger partial charge in [-0.3, -0.25) is 28.8 Å². The van der Waals surface area contributed by atoms with Crippen LogP contribution in [0.3, 0.4) is 0 Å². The molecule has 20 heteroatoms. The van der Waals surface area contributed by atoms with Crippen molar-refractivity contribution in [3.05, 3.63) is 71.8 Å². The largest absolute Gasteiger partial charge is 0.461 e. The van der Waals surface area contributed by atoms with Crippen molar-refractivity contribution in [2.24, 2.45) is 0 Å². The number of hydrogen-bond acceptors (Lipinski definition) is 14. The summed E-state index contributed by atoms with van der Waals surface area (Å²) in [6.07, 6.45) is -2.20. The monoisotopic (exact) mass is 954 g/mol. The van der Waals surface area contributed by atoms with Crippen LogP contribution in [0, 0.1) is 0 Å². The third kappa shape index (κ3) is 27.0. The van der Waals surface area contributed by atoms with Crippen molar-refractivity contribution >= 4 is 53.7 Å². The zero-order valence-electron chi connectivity index (χ0n) is 40.7. The zero-order chi connectivity index (χ0) is 50.9. The van der Waals surface area contributed by atoms with Crippen LogP contribution in [0.2, 0.25) is 0 Å². The van der Waals surface area contributed by atoms with Gasteiger partial charge in [0, 0.05) is 19.4 Å². The van der Waals surface area contributed by atoms with Crippen LogP contribution in [0.15, 0.2) is 60.7 Å². The summed E-state index contributed by atoms with van der Waals surface area (Å²) >= 11 is 0. The number of carbonyl (C=O) groups is 9. The molecule has 0 saturated heterocycles. The first-order chi connectivity index (χ1) is 31.8. The van der Waals surface area contributed by atoms with Crippen molar-refractivity contribution in [2.45, 2.75) is 155 Å². The van der Waals surface area contributed by atoms with E-state index in [4.69, 9.17) is 23.7 Å². The van der Waals surface area contributed by atoms with E-state index in [1.807, 2.05) is 6.07 Å². The summed E-state index contributed by atoms with van der Waals surface area (Å²) in [5.41, 5.74) is -1.03. The average molecular weight is 955 g/mol. The second kappa shape index (κ2) is 28.4. The minimum Gasteiger partial charge on any atom is -0.461 e. The Balaban J connectivity index is 2.27. The predicted molar refractivity (Wildman–Crippen MR) is 248 cm³/mol. The molecule has 0 aliphatic rings. The van der Waals surface area contributed by atoms with Gasteiger partial charge in [-0.25, -0.2) is 14.4 Å². The lowest BCUT2D eigenvalue weighted by Crippen LogP contribution is -2.55. The number of nitrogens with one attached hydrogen (secondary N) is 6. The topological polar surface area (TPSA) is 272 Å². The van der Waals surface area contributed by atoms with Gasteiger partial charge >= 0.3 is 30.1 Å². The maximum atomic E-state index is 14.0. The van der Waals surface area contributed by atoms with Crippen LogP contribution in [0.25, 0.3) is 0 Å². The third-order valence-electron chi connectivity index (χ3n) is 8.88.